The zero-order valence-corrected chi connectivity index (χ0v) is 15.1. The van der Waals surface area contributed by atoms with Crippen LogP contribution in [0.5, 0.6) is 0 Å². The van der Waals surface area contributed by atoms with Crippen LogP contribution in [0.1, 0.15) is 9.67 Å². The summed E-state index contributed by atoms with van der Waals surface area (Å²) in [5, 5.41) is 15.8. The van der Waals surface area contributed by atoms with Gasteiger partial charge in [-0.05, 0) is 40.1 Å². The van der Waals surface area contributed by atoms with Crippen LogP contribution in [-0.4, -0.2) is 40.5 Å². The Morgan fingerprint density at radius 3 is 2.82 bits per heavy atom. The van der Waals surface area contributed by atoms with Gasteiger partial charge in [0.15, 0.2) is 0 Å². The molecule has 0 fully saturated rings. The van der Waals surface area contributed by atoms with Gasteiger partial charge < -0.3 is 5.32 Å². The molecule has 9 nitrogen and oxygen atoms in total. The molecule has 0 radical (unpaired) electrons. The van der Waals surface area contributed by atoms with E-state index in [2.05, 4.69) is 30.8 Å². The van der Waals surface area contributed by atoms with Gasteiger partial charge in [-0.15, -0.1) is 16.4 Å². The summed E-state index contributed by atoms with van der Waals surface area (Å²) in [6, 6.07) is 11.2. The Kier molecular flexibility index (Phi) is 3.87. The van der Waals surface area contributed by atoms with Gasteiger partial charge in [-0.2, -0.15) is 4.68 Å². The van der Waals surface area contributed by atoms with Crippen LogP contribution in [0.25, 0.3) is 22.7 Å². The number of amides is 1. The van der Waals surface area contributed by atoms with Gasteiger partial charge in [-0.1, -0.05) is 12.1 Å². The third-order valence-electron chi connectivity index (χ3n) is 4.12. The third-order valence-corrected chi connectivity index (χ3v) is 5.02. The second-order valence-corrected chi connectivity index (χ2v) is 6.79. The van der Waals surface area contributed by atoms with Crippen LogP contribution < -0.4 is 5.32 Å². The lowest BCUT2D eigenvalue weighted by molar-refractivity contribution is 0.103. The molecule has 1 aromatic carbocycles. The van der Waals surface area contributed by atoms with Crippen LogP contribution in [0.4, 0.5) is 5.69 Å². The van der Waals surface area contributed by atoms with E-state index >= 15 is 0 Å². The topological polar surface area (TPSA) is 103 Å². The molecule has 5 aromatic rings. The highest BCUT2D eigenvalue weighted by atomic mass is 32.1. The average Bonchev–Trinajstić information content (AvgIpc) is 3.47. The Morgan fingerprint density at radius 1 is 1.14 bits per heavy atom. The van der Waals surface area contributed by atoms with Crippen molar-refractivity contribution in [3.63, 3.8) is 0 Å². The molecule has 4 heterocycles. The molecule has 4 aromatic heterocycles. The molecule has 0 saturated carbocycles. The molecule has 5 rings (SSSR count). The van der Waals surface area contributed by atoms with E-state index in [9.17, 15) is 4.79 Å². The van der Waals surface area contributed by atoms with Gasteiger partial charge >= 0.3 is 0 Å². The summed E-state index contributed by atoms with van der Waals surface area (Å²) in [4.78, 5) is 21.9. The maximum atomic E-state index is 12.7. The molecule has 0 spiro atoms. The van der Waals surface area contributed by atoms with E-state index in [-0.39, 0.29) is 5.91 Å². The van der Waals surface area contributed by atoms with Crippen molar-refractivity contribution in [3.05, 3.63) is 71.6 Å². The number of nitrogens with one attached hydrogen (secondary N) is 1. The number of carbonyl (C=O) groups excluding carboxylic acids is 1. The summed E-state index contributed by atoms with van der Waals surface area (Å²) >= 11 is 1.33. The van der Waals surface area contributed by atoms with Crippen LogP contribution >= 0.6 is 11.3 Å². The van der Waals surface area contributed by atoms with E-state index in [0.29, 0.717) is 22.0 Å². The molecular weight excluding hydrogens is 376 g/mol. The Morgan fingerprint density at radius 2 is 2.04 bits per heavy atom. The number of fused-ring (bicyclic) bond motifs is 1. The van der Waals surface area contributed by atoms with Crippen molar-refractivity contribution in [2.24, 2.45) is 0 Å². The van der Waals surface area contributed by atoms with Crippen molar-refractivity contribution in [2.45, 2.75) is 0 Å². The lowest BCUT2D eigenvalue weighted by atomic mass is 10.1. The number of anilines is 1. The van der Waals surface area contributed by atoms with E-state index in [1.807, 2.05) is 52.5 Å². The van der Waals surface area contributed by atoms with Crippen LogP contribution in [0.3, 0.4) is 0 Å². The highest BCUT2D eigenvalue weighted by molar-refractivity contribution is 7.12. The van der Waals surface area contributed by atoms with Gasteiger partial charge in [0.05, 0.1) is 11.4 Å². The number of imidazole rings is 1. The quantitative estimate of drug-likeness (QED) is 0.508. The fourth-order valence-electron chi connectivity index (χ4n) is 2.81. The highest BCUT2D eigenvalue weighted by Gasteiger charge is 2.16. The number of thiophene rings is 1. The summed E-state index contributed by atoms with van der Waals surface area (Å²) in [7, 11) is 0. The molecule has 0 aliphatic rings. The van der Waals surface area contributed by atoms with E-state index in [1.165, 1.54) is 22.3 Å². The van der Waals surface area contributed by atoms with Crippen LogP contribution in [0.2, 0.25) is 0 Å². The van der Waals surface area contributed by atoms with Crippen LogP contribution in [0, 0.1) is 0 Å². The van der Waals surface area contributed by atoms with Gasteiger partial charge in [0, 0.05) is 29.8 Å². The normalized spacial score (nSPS) is 11.0. The van der Waals surface area contributed by atoms with Gasteiger partial charge in [-0.25, -0.2) is 9.97 Å². The van der Waals surface area contributed by atoms with Gasteiger partial charge in [0.1, 0.15) is 11.2 Å². The molecular formula is C18H12N8OS. The summed E-state index contributed by atoms with van der Waals surface area (Å²) < 4.78 is 3.33. The summed E-state index contributed by atoms with van der Waals surface area (Å²) in [5.41, 5.74) is 3.08. The zero-order chi connectivity index (χ0) is 18.9. The first kappa shape index (κ1) is 16.3. The fraction of sp³-hybridized carbons (Fsp3) is 0. The molecule has 0 saturated heterocycles. The first-order chi connectivity index (χ1) is 13.8. The highest BCUT2D eigenvalue weighted by Crippen LogP contribution is 2.24. The molecule has 0 aliphatic heterocycles. The van der Waals surface area contributed by atoms with Crippen molar-refractivity contribution in [2.75, 3.05) is 5.32 Å². The molecule has 136 valence electrons. The average molecular weight is 388 g/mol. The van der Waals surface area contributed by atoms with E-state index in [4.69, 9.17) is 0 Å². The number of benzene rings is 1. The van der Waals surface area contributed by atoms with Gasteiger partial charge in [0.25, 0.3) is 5.91 Å². The molecule has 0 aliphatic carbocycles. The van der Waals surface area contributed by atoms with Crippen molar-refractivity contribution in [3.8, 4) is 16.9 Å². The molecule has 0 bridgehead atoms. The Labute approximate surface area is 162 Å². The van der Waals surface area contributed by atoms with Crippen molar-refractivity contribution in [1.29, 1.82) is 0 Å². The van der Waals surface area contributed by atoms with E-state index in [1.54, 1.807) is 12.3 Å². The standard InChI is InChI=1S/C18H12N8OS/c27-17(16-15(6-9-28-16)26-11-20-23-24-26)21-13-4-2-12(3-5-13)14-10-25-8-1-7-19-18(25)22-14/h1-11H,(H,21,27). The number of hydrogen-bond acceptors (Lipinski definition) is 7. The molecule has 0 unspecified atom stereocenters. The number of rotatable bonds is 4. The Balaban J connectivity index is 1.37. The largest absolute Gasteiger partial charge is 0.321 e. The Bertz CT molecular complexity index is 1220. The fourth-order valence-corrected chi connectivity index (χ4v) is 3.58. The molecule has 1 amide bonds. The first-order valence-electron chi connectivity index (χ1n) is 8.30. The molecule has 10 heteroatoms. The number of tetrazole rings is 1. The predicted octanol–water partition coefficient (Wildman–Crippen LogP) is 2.69. The van der Waals surface area contributed by atoms with Gasteiger partial charge in [-0.3, -0.25) is 9.20 Å². The number of nitrogens with zero attached hydrogens (tertiary/aromatic N) is 7. The van der Waals surface area contributed by atoms with Crippen molar-refractivity contribution < 1.29 is 4.79 Å². The lowest BCUT2D eigenvalue weighted by Gasteiger charge is -2.06. The van der Waals surface area contributed by atoms with E-state index in [0.717, 1.165) is 11.3 Å². The maximum Gasteiger partial charge on any atom is 0.267 e. The molecule has 1 N–H and O–H groups in total. The monoisotopic (exact) mass is 388 g/mol. The minimum absolute atomic E-state index is 0.217. The van der Waals surface area contributed by atoms with Crippen LogP contribution in [-0.2, 0) is 0 Å². The number of hydrogen-bond donors (Lipinski definition) is 1. The lowest BCUT2D eigenvalue weighted by Crippen LogP contribution is -2.13. The maximum absolute atomic E-state index is 12.7. The van der Waals surface area contributed by atoms with E-state index < -0.39 is 0 Å². The van der Waals surface area contributed by atoms with Crippen molar-refractivity contribution >= 4 is 28.7 Å². The first-order valence-corrected chi connectivity index (χ1v) is 9.18. The second-order valence-electron chi connectivity index (χ2n) is 5.87. The Hall–Kier alpha value is -3.92. The SMILES string of the molecule is O=C(Nc1ccc(-c2cn3cccnc3n2)cc1)c1sccc1-n1cnnn1. The number of aromatic nitrogens is 7. The summed E-state index contributed by atoms with van der Waals surface area (Å²) in [5.74, 6) is 0.424. The minimum atomic E-state index is -0.217. The smallest absolute Gasteiger partial charge is 0.267 e. The predicted molar refractivity (Wildman–Crippen MR) is 103 cm³/mol. The second kappa shape index (κ2) is 6.67. The van der Waals surface area contributed by atoms with Crippen LogP contribution in [0.15, 0.2) is 66.7 Å². The summed E-state index contributed by atoms with van der Waals surface area (Å²) in [6.45, 7) is 0. The number of carbonyl (C=O) groups is 1. The van der Waals surface area contributed by atoms with Crippen molar-refractivity contribution in [1.82, 2.24) is 34.6 Å². The summed E-state index contributed by atoms with van der Waals surface area (Å²) in [6.07, 6.45) is 6.98. The minimum Gasteiger partial charge on any atom is -0.321 e. The van der Waals surface area contributed by atoms with Gasteiger partial charge in [0.2, 0.25) is 5.78 Å². The molecule has 28 heavy (non-hydrogen) atoms. The molecule has 0 atom stereocenters. The zero-order valence-electron chi connectivity index (χ0n) is 14.3. The third kappa shape index (κ3) is 2.91.